The van der Waals surface area contributed by atoms with Gasteiger partial charge in [-0.1, -0.05) is 0 Å². The van der Waals surface area contributed by atoms with E-state index in [1.165, 1.54) is 12.1 Å². The van der Waals surface area contributed by atoms with E-state index in [1.807, 2.05) is 0 Å². The van der Waals surface area contributed by atoms with Crippen LogP contribution in [0.15, 0.2) is 24.3 Å². The maximum Gasteiger partial charge on any atom is 0.322 e. The summed E-state index contributed by atoms with van der Waals surface area (Å²) < 4.78 is 0. The van der Waals surface area contributed by atoms with E-state index in [1.54, 1.807) is 12.1 Å². The summed E-state index contributed by atoms with van der Waals surface area (Å²) in [5.74, 6) is -1.70. The lowest BCUT2D eigenvalue weighted by Gasteiger charge is -2.07. The zero-order chi connectivity index (χ0) is 15.2. The van der Waals surface area contributed by atoms with Gasteiger partial charge in [0, 0.05) is 17.3 Å². The molecule has 7 heteroatoms. The largest absolute Gasteiger partial charge is 0.480 e. The second-order valence-electron chi connectivity index (χ2n) is 4.86. The summed E-state index contributed by atoms with van der Waals surface area (Å²) in [6, 6.07) is 6.73. The highest BCUT2D eigenvalue weighted by Gasteiger charge is 2.21. The molecule has 1 saturated carbocycles. The molecule has 112 valence electrons. The third kappa shape index (κ3) is 5.23. The van der Waals surface area contributed by atoms with Gasteiger partial charge in [-0.05, 0) is 37.1 Å². The van der Waals surface area contributed by atoms with Crippen molar-refractivity contribution in [1.82, 2.24) is 10.6 Å². The SMILES string of the molecule is O=C(O)CNC(=O)c1ccc(NC(=O)CNC2CC2)cc1. The highest BCUT2D eigenvalue weighted by atomic mass is 16.4. The van der Waals surface area contributed by atoms with Crippen molar-refractivity contribution in [3.63, 3.8) is 0 Å². The molecular formula is C14H17N3O4. The Hall–Kier alpha value is -2.41. The van der Waals surface area contributed by atoms with Gasteiger partial charge in [-0.2, -0.15) is 0 Å². The maximum atomic E-state index is 11.6. The van der Waals surface area contributed by atoms with Crippen LogP contribution in [0.3, 0.4) is 0 Å². The average molecular weight is 291 g/mol. The number of carbonyl (C=O) groups is 3. The second kappa shape index (κ2) is 6.85. The Labute approximate surface area is 121 Å². The summed E-state index contributed by atoms with van der Waals surface area (Å²) in [5, 5.41) is 16.6. The Morgan fingerprint density at radius 2 is 1.76 bits per heavy atom. The minimum atomic E-state index is -1.10. The van der Waals surface area contributed by atoms with E-state index in [-0.39, 0.29) is 12.5 Å². The average Bonchev–Trinajstić information content (AvgIpc) is 3.27. The standard InChI is InChI=1S/C14H17N3O4/c18-12(7-15-10-5-6-10)17-11-3-1-9(2-4-11)14(21)16-8-13(19)20/h1-4,10,15H,5-8H2,(H,16,21)(H,17,18)(H,19,20). The molecule has 1 aromatic rings. The number of carbonyl (C=O) groups excluding carboxylic acids is 2. The number of carboxylic acid groups (broad SMARTS) is 1. The fourth-order valence-electron chi connectivity index (χ4n) is 1.69. The lowest BCUT2D eigenvalue weighted by atomic mass is 10.2. The summed E-state index contributed by atoms with van der Waals surface area (Å²) in [7, 11) is 0. The van der Waals surface area contributed by atoms with Crippen molar-refractivity contribution in [3.8, 4) is 0 Å². The predicted molar refractivity (Wildman–Crippen MR) is 76.1 cm³/mol. The normalized spacial score (nSPS) is 13.5. The lowest BCUT2D eigenvalue weighted by Crippen LogP contribution is -2.30. The molecule has 1 aliphatic carbocycles. The number of hydrogen-bond acceptors (Lipinski definition) is 4. The van der Waals surface area contributed by atoms with Gasteiger partial charge >= 0.3 is 5.97 Å². The molecule has 1 aromatic carbocycles. The van der Waals surface area contributed by atoms with Crippen LogP contribution in [0, 0.1) is 0 Å². The minimum Gasteiger partial charge on any atom is -0.480 e. The molecule has 0 radical (unpaired) electrons. The molecule has 2 amide bonds. The van der Waals surface area contributed by atoms with Crippen LogP contribution in [0.25, 0.3) is 0 Å². The first kappa shape index (κ1) is 15.0. The van der Waals surface area contributed by atoms with Crippen LogP contribution in [0.1, 0.15) is 23.2 Å². The van der Waals surface area contributed by atoms with Crippen molar-refractivity contribution in [2.75, 3.05) is 18.4 Å². The molecule has 0 aromatic heterocycles. The highest BCUT2D eigenvalue weighted by Crippen LogP contribution is 2.18. The van der Waals surface area contributed by atoms with Gasteiger partial charge in [-0.25, -0.2) is 0 Å². The summed E-state index contributed by atoms with van der Waals surface area (Å²) in [6.45, 7) is -0.157. The van der Waals surface area contributed by atoms with Gasteiger partial charge in [0.1, 0.15) is 6.54 Å². The van der Waals surface area contributed by atoms with Crippen molar-refractivity contribution >= 4 is 23.5 Å². The number of rotatable bonds is 7. The zero-order valence-corrected chi connectivity index (χ0v) is 11.4. The van der Waals surface area contributed by atoms with Crippen LogP contribution in [-0.4, -0.2) is 42.0 Å². The van der Waals surface area contributed by atoms with Crippen LogP contribution in [0.2, 0.25) is 0 Å². The van der Waals surface area contributed by atoms with Crippen LogP contribution in [-0.2, 0) is 9.59 Å². The van der Waals surface area contributed by atoms with E-state index >= 15 is 0 Å². The molecular weight excluding hydrogens is 274 g/mol. The smallest absolute Gasteiger partial charge is 0.322 e. The Balaban J connectivity index is 1.81. The second-order valence-corrected chi connectivity index (χ2v) is 4.86. The summed E-state index contributed by atoms with van der Waals surface area (Å²) in [6.07, 6.45) is 2.24. The van der Waals surface area contributed by atoms with Crippen molar-refractivity contribution in [1.29, 1.82) is 0 Å². The van der Waals surface area contributed by atoms with Gasteiger partial charge < -0.3 is 21.1 Å². The molecule has 0 bridgehead atoms. The highest BCUT2D eigenvalue weighted by molar-refractivity contribution is 5.97. The fraction of sp³-hybridized carbons (Fsp3) is 0.357. The zero-order valence-electron chi connectivity index (χ0n) is 11.4. The van der Waals surface area contributed by atoms with Crippen molar-refractivity contribution < 1.29 is 19.5 Å². The van der Waals surface area contributed by atoms with Gasteiger partial charge in [0.25, 0.3) is 5.91 Å². The Bertz CT molecular complexity index is 538. The molecule has 21 heavy (non-hydrogen) atoms. The van der Waals surface area contributed by atoms with E-state index in [4.69, 9.17) is 5.11 Å². The Kier molecular flexibility index (Phi) is 4.89. The number of nitrogens with one attached hydrogen (secondary N) is 3. The first-order chi connectivity index (χ1) is 10.0. The Morgan fingerprint density at radius 3 is 2.33 bits per heavy atom. The van der Waals surface area contributed by atoms with Gasteiger partial charge in [-0.3, -0.25) is 14.4 Å². The molecule has 1 fully saturated rings. The molecule has 0 saturated heterocycles. The van der Waals surface area contributed by atoms with Crippen LogP contribution >= 0.6 is 0 Å². The van der Waals surface area contributed by atoms with Gasteiger partial charge in [0.2, 0.25) is 5.91 Å². The molecule has 0 spiro atoms. The molecule has 0 aliphatic heterocycles. The molecule has 7 nitrogen and oxygen atoms in total. The summed E-state index contributed by atoms with van der Waals surface area (Å²) in [5.41, 5.74) is 0.928. The topological polar surface area (TPSA) is 108 Å². The number of hydrogen-bond donors (Lipinski definition) is 4. The first-order valence-corrected chi connectivity index (χ1v) is 6.68. The minimum absolute atomic E-state index is 0.134. The molecule has 1 aliphatic rings. The molecule has 0 heterocycles. The van der Waals surface area contributed by atoms with E-state index in [2.05, 4.69) is 16.0 Å². The fourth-order valence-corrected chi connectivity index (χ4v) is 1.69. The maximum absolute atomic E-state index is 11.6. The van der Waals surface area contributed by atoms with Crippen molar-refractivity contribution in [2.45, 2.75) is 18.9 Å². The number of amides is 2. The predicted octanol–water partition coefficient (Wildman–Crippen LogP) is 0.191. The van der Waals surface area contributed by atoms with Gasteiger partial charge in [0.15, 0.2) is 0 Å². The molecule has 0 unspecified atom stereocenters. The third-order valence-electron chi connectivity index (χ3n) is 2.96. The Morgan fingerprint density at radius 1 is 1.10 bits per heavy atom. The third-order valence-corrected chi connectivity index (χ3v) is 2.96. The molecule has 2 rings (SSSR count). The van der Waals surface area contributed by atoms with Crippen molar-refractivity contribution in [3.05, 3.63) is 29.8 Å². The van der Waals surface area contributed by atoms with E-state index in [9.17, 15) is 14.4 Å². The van der Waals surface area contributed by atoms with Crippen LogP contribution in [0.4, 0.5) is 5.69 Å². The molecule has 4 N–H and O–H groups in total. The monoisotopic (exact) mass is 291 g/mol. The van der Waals surface area contributed by atoms with Crippen molar-refractivity contribution in [2.24, 2.45) is 0 Å². The van der Waals surface area contributed by atoms with E-state index in [0.29, 0.717) is 17.3 Å². The van der Waals surface area contributed by atoms with Crippen LogP contribution in [0.5, 0.6) is 0 Å². The first-order valence-electron chi connectivity index (χ1n) is 6.68. The summed E-state index contributed by atoms with van der Waals surface area (Å²) in [4.78, 5) is 33.6. The number of carboxylic acids is 1. The quantitative estimate of drug-likeness (QED) is 0.573. The summed E-state index contributed by atoms with van der Waals surface area (Å²) >= 11 is 0. The van der Waals surface area contributed by atoms with E-state index in [0.717, 1.165) is 12.8 Å². The van der Waals surface area contributed by atoms with Crippen LogP contribution < -0.4 is 16.0 Å². The number of anilines is 1. The number of benzene rings is 1. The lowest BCUT2D eigenvalue weighted by molar-refractivity contribution is -0.135. The van der Waals surface area contributed by atoms with Gasteiger partial charge in [-0.15, -0.1) is 0 Å². The van der Waals surface area contributed by atoms with E-state index < -0.39 is 18.4 Å². The number of aliphatic carboxylic acids is 1. The molecule has 0 atom stereocenters. The van der Waals surface area contributed by atoms with Gasteiger partial charge in [0.05, 0.1) is 6.54 Å².